The van der Waals surface area contributed by atoms with E-state index in [0.29, 0.717) is 38.0 Å². The van der Waals surface area contributed by atoms with Crippen LogP contribution in [0.2, 0.25) is 0 Å². The minimum absolute atomic E-state index is 0.152. The molecule has 23 heavy (non-hydrogen) atoms. The highest BCUT2D eigenvalue weighted by Crippen LogP contribution is 2.37. The predicted octanol–water partition coefficient (Wildman–Crippen LogP) is 1.39. The Kier molecular flexibility index (Phi) is 4.05. The van der Waals surface area contributed by atoms with Crippen LogP contribution in [0.15, 0.2) is 17.6 Å². The zero-order chi connectivity index (χ0) is 15.8. The average Bonchev–Trinajstić information content (AvgIpc) is 3.50. The molecule has 3 fully saturated rings. The number of rotatable bonds is 5. The van der Waals surface area contributed by atoms with Crippen LogP contribution in [0, 0.1) is 5.92 Å². The Hall–Kier alpha value is -1.50. The molecule has 4 rings (SSSR count). The second-order valence-corrected chi connectivity index (χ2v) is 7.56. The first-order valence-corrected chi connectivity index (χ1v) is 9.43. The standard InChI is InChI=1S/C16H22N4O2S/c21-14(11-23-16-17-5-6-20(16)13-3-4-13)18-7-9-19(10-8-18)15(22)12-1-2-12/h5-6,12-13H,1-4,7-11H2. The monoisotopic (exact) mass is 334 g/mol. The molecule has 3 aliphatic rings. The van der Waals surface area contributed by atoms with Gasteiger partial charge in [-0.2, -0.15) is 0 Å². The van der Waals surface area contributed by atoms with Crippen LogP contribution in [0.4, 0.5) is 0 Å². The quantitative estimate of drug-likeness (QED) is 0.764. The topological polar surface area (TPSA) is 58.4 Å². The second kappa shape index (κ2) is 6.19. The summed E-state index contributed by atoms with van der Waals surface area (Å²) in [7, 11) is 0. The van der Waals surface area contributed by atoms with E-state index in [-0.39, 0.29) is 17.7 Å². The molecule has 2 saturated carbocycles. The maximum absolute atomic E-state index is 12.4. The molecule has 0 unspecified atom stereocenters. The molecule has 6 nitrogen and oxygen atoms in total. The second-order valence-electron chi connectivity index (χ2n) is 6.62. The van der Waals surface area contributed by atoms with Crippen molar-refractivity contribution >= 4 is 23.6 Å². The molecule has 1 aliphatic heterocycles. The first-order valence-electron chi connectivity index (χ1n) is 8.44. The van der Waals surface area contributed by atoms with Crippen LogP contribution in [0.5, 0.6) is 0 Å². The number of carbonyl (C=O) groups excluding carboxylic acids is 2. The molecule has 0 aromatic carbocycles. The molecule has 2 heterocycles. The molecule has 0 radical (unpaired) electrons. The minimum atomic E-state index is 0.152. The van der Waals surface area contributed by atoms with Gasteiger partial charge in [0.1, 0.15) is 0 Å². The number of aromatic nitrogens is 2. The fourth-order valence-corrected chi connectivity index (χ4v) is 3.95. The third-order valence-electron chi connectivity index (χ3n) is 4.77. The van der Waals surface area contributed by atoms with E-state index in [9.17, 15) is 9.59 Å². The highest BCUT2D eigenvalue weighted by atomic mass is 32.2. The van der Waals surface area contributed by atoms with E-state index in [0.717, 1.165) is 18.0 Å². The Balaban J connectivity index is 1.25. The van der Waals surface area contributed by atoms with Crippen molar-refractivity contribution in [1.82, 2.24) is 19.4 Å². The largest absolute Gasteiger partial charge is 0.339 e. The van der Waals surface area contributed by atoms with Gasteiger partial charge in [0.25, 0.3) is 0 Å². The smallest absolute Gasteiger partial charge is 0.233 e. The molecule has 0 N–H and O–H groups in total. The van der Waals surface area contributed by atoms with E-state index in [1.54, 1.807) is 0 Å². The molecule has 1 saturated heterocycles. The molecule has 2 aliphatic carbocycles. The number of hydrogen-bond donors (Lipinski definition) is 0. The third kappa shape index (κ3) is 3.39. The summed E-state index contributed by atoms with van der Waals surface area (Å²) in [5, 5.41) is 0.948. The lowest BCUT2D eigenvalue weighted by molar-refractivity contribution is -0.139. The number of hydrogen-bond acceptors (Lipinski definition) is 4. The van der Waals surface area contributed by atoms with Crippen molar-refractivity contribution in [1.29, 1.82) is 0 Å². The number of nitrogens with zero attached hydrogens (tertiary/aromatic N) is 4. The molecule has 0 atom stereocenters. The van der Waals surface area contributed by atoms with Gasteiger partial charge in [-0.3, -0.25) is 9.59 Å². The van der Waals surface area contributed by atoms with Crippen molar-refractivity contribution in [2.24, 2.45) is 5.92 Å². The molecule has 1 aromatic heterocycles. The minimum Gasteiger partial charge on any atom is -0.339 e. The number of carbonyl (C=O) groups is 2. The molecule has 0 spiro atoms. The molecule has 0 bridgehead atoms. The van der Waals surface area contributed by atoms with Crippen molar-refractivity contribution in [3.05, 3.63) is 12.4 Å². The van der Waals surface area contributed by atoms with E-state index >= 15 is 0 Å². The summed E-state index contributed by atoms with van der Waals surface area (Å²) in [5.74, 6) is 1.14. The Labute approximate surface area is 140 Å². The van der Waals surface area contributed by atoms with E-state index in [1.165, 1.54) is 24.6 Å². The summed E-state index contributed by atoms with van der Waals surface area (Å²) in [4.78, 5) is 32.6. The number of piperazine rings is 1. The van der Waals surface area contributed by atoms with E-state index in [2.05, 4.69) is 9.55 Å². The van der Waals surface area contributed by atoms with Gasteiger partial charge in [-0.25, -0.2) is 4.98 Å². The molecular weight excluding hydrogens is 312 g/mol. The first kappa shape index (κ1) is 15.1. The zero-order valence-corrected chi connectivity index (χ0v) is 14.0. The summed E-state index contributed by atoms with van der Waals surface area (Å²) in [6.45, 7) is 2.69. The lowest BCUT2D eigenvalue weighted by Crippen LogP contribution is -2.51. The van der Waals surface area contributed by atoms with E-state index in [1.807, 2.05) is 22.2 Å². The van der Waals surface area contributed by atoms with Gasteiger partial charge >= 0.3 is 0 Å². The van der Waals surface area contributed by atoms with Crippen molar-refractivity contribution < 1.29 is 9.59 Å². The highest BCUT2D eigenvalue weighted by Gasteiger charge is 2.35. The van der Waals surface area contributed by atoms with Crippen LogP contribution in [0.3, 0.4) is 0 Å². The maximum Gasteiger partial charge on any atom is 0.233 e. The lowest BCUT2D eigenvalue weighted by atomic mass is 10.2. The van der Waals surface area contributed by atoms with Gasteiger partial charge in [0.05, 0.1) is 5.75 Å². The van der Waals surface area contributed by atoms with Crippen molar-refractivity contribution in [3.8, 4) is 0 Å². The molecule has 2 amide bonds. The van der Waals surface area contributed by atoms with Crippen LogP contribution in [0.25, 0.3) is 0 Å². The van der Waals surface area contributed by atoms with Crippen LogP contribution < -0.4 is 0 Å². The average molecular weight is 334 g/mol. The van der Waals surface area contributed by atoms with Crippen LogP contribution >= 0.6 is 11.8 Å². The summed E-state index contributed by atoms with van der Waals surface area (Å²) in [5.41, 5.74) is 0. The van der Waals surface area contributed by atoms with Crippen molar-refractivity contribution in [3.63, 3.8) is 0 Å². The van der Waals surface area contributed by atoms with Crippen LogP contribution in [-0.2, 0) is 9.59 Å². The van der Waals surface area contributed by atoms with Crippen LogP contribution in [-0.4, -0.2) is 63.1 Å². The fourth-order valence-electron chi connectivity index (χ4n) is 3.02. The summed E-state index contributed by atoms with van der Waals surface area (Å²) >= 11 is 1.53. The van der Waals surface area contributed by atoms with E-state index < -0.39 is 0 Å². The Morgan fingerprint density at radius 3 is 2.43 bits per heavy atom. The van der Waals surface area contributed by atoms with Gasteiger partial charge in [0.15, 0.2) is 5.16 Å². The number of imidazole rings is 1. The SMILES string of the molecule is O=C(CSc1nccn1C1CC1)N1CCN(C(=O)C2CC2)CC1. The van der Waals surface area contributed by atoms with Gasteiger partial charge in [-0.15, -0.1) is 0 Å². The molecule has 1 aromatic rings. The summed E-state index contributed by atoms with van der Waals surface area (Å²) < 4.78 is 2.18. The molecule has 7 heteroatoms. The fraction of sp³-hybridized carbons (Fsp3) is 0.688. The van der Waals surface area contributed by atoms with Gasteiger partial charge in [0.2, 0.25) is 11.8 Å². The van der Waals surface area contributed by atoms with Gasteiger partial charge < -0.3 is 14.4 Å². The van der Waals surface area contributed by atoms with Gasteiger partial charge in [0, 0.05) is 50.5 Å². The normalized spacial score (nSPS) is 21.6. The number of amides is 2. The van der Waals surface area contributed by atoms with Crippen LogP contribution in [0.1, 0.15) is 31.7 Å². The Morgan fingerprint density at radius 2 is 1.78 bits per heavy atom. The van der Waals surface area contributed by atoms with Gasteiger partial charge in [-0.05, 0) is 25.7 Å². The third-order valence-corrected chi connectivity index (χ3v) is 5.73. The zero-order valence-electron chi connectivity index (χ0n) is 13.2. The molecule has 124 valence electrons. The summed E-state index contributed by atoms with van der Waals surface area (Å²) in [6.07, 6.45) is 8.34. The van der Waals surface area contributed by atoms with Crippen molar-refractivity contribution in [2.75, 3.05) is 31.9 Å². The maximum atomic E-state index is 12.4. The Morgan fingerprint density at radius 1 is 1.09 bits per heavy atom. The molecular formula is C16H22N4O2S. The lowest BCUT2D eigenvalue weighted by Gasteiger charge is -2.34. The number of thioether (sulfide) groups is 1. The first-order chi connectivity index (χ1) is 11.2. The Bertz CT molecular complexity index is 601. The highest BCUT2D eigenvalue weighted by molar-refractivity contribution is 7.99. The summed E-state index contributed by atoms with van der Waals surface area (Å²) in [6, 6.07) is 0.590. The van der Waals surface area contributed by atoms with Gasteiger partial charge in [-0.1, -0.05) is 11.8 Å². The predicted molar refractivity (Wildman–Crippen MR) is 87.1 cm³/mol. The van der Waals surface area contributed by atoms with Crippen molar-refractivity contribution in [2.45, 2.75) is 36.9 Å². The van der Waals surface area contributed by atoms with E-state index in [4.69, 9.17) is 0 Å².